The van der Waals surface area contributed by atoms with Crippen LogP contribution in [-0.2, 0) is 0 Å². The maximum atomic E-state index is 2.55. The summed E-state index contributed by atoms with van der Waals surface area (Å²) >= 11 is 0. The summed E-state index contributed by atoms with van der Waals surface area (Å²) in [5.41, 5.74) is 3.63. The normalized spacial score (nSPS) is 33.8. The number of hydrogen-bond donors (Lipinski definition) is 0. The summed E-state index contributed by atoms with van der Waals surface area (Å²) in [5, 5.41) is 3.61. The Hall–Kier alpha value is 0.0800. The van der Waals surface area contributed by atoms with Crippen molar-refractivity contribution >= 4 is 26.5 Å². The molecule has 0 aromatic heterocycles. The molecule has 3 rings (SSSR count). The molecule has 0 radical (unpaired) electrons. The van der Waals surface area contributed by atoms with Gasteiger partial charge in [0.2, 0.25) is 0 Å². The van der Waals surface area contributed by atoms with E-state index in [1.807, 2.05) is 0 Å². The van der Waals surface area contributed by atoms with Crippen LogP contribution in [0.5, 0.6) is 0 Å². The summed E-state index contributed by atoms with van der Waals surface area (Å²) in [6, 6.07) is 9.72. The lowest BCUT2D eigenvalue weighted by Gasteiger charge is -2.35. The van der Waals surface area contributed by atoms with Gasteiger partial charge >= 0.3 is 0 Å². The SMILES string of the molecule is C[C@H]1CCCC[C@H](C)P1c1ccccc1P1[C@@H](C)CCCC[C@@H]1C. The Balaban J connectivity index is 2.00. The van der Waals surface area contributed by atoms with E-state index < -0.39 is 0 Å². The lowest BCUT2D eigenvalue weighted by Crippen LogP contribution is -2.32. The van der Waals surface area contributed by atoms with Gasteiger partial charge in [-0.2, -0.15) is 0 Å². The van der Waals surface area contributed by atoms with E-state index in [0.29, 0.717) is 0 Å². The Morgan fingerprint density at radius 2 is 0.875 bits per heavy atom. The maximum absolute atomic E-state index is 2.55. The smallest absolute Gasteiger partial charge is 0.0158 e. The van der Waals surface area contributed by atoms with Gasteiger partial charge in [-0.3, -0.25) is 0 Å². The monoisotopic (exact) mass is 362 g/mol. The van der Waals surface area contributed by atoms with Crippen LogP contribution in [0.15, 0.2) is 24.3 Å². The van der Waals surface area contributed by atoms with E-state index in [9.17, 15) is 0 Å². The first-order chi connectivity index (χ1) is 11.6. The molecule has 0 spiro atoms. The second-order valence-corrected chi connectivity index (χ2v) is 14.4. The van der Waals surface area contributed by atoms with Gasteiger partial charge < -0.3 is 0 Å². The van der Waals surface area contributed by atoms with Gasteiger partial charge in [0.25, 0.3) is 0 Å². The topological polar surface area (TPSA) is 0 Å². The zero-order valence-corrected chi connectivity index (χ0v) is 18.0. The molecule has 4 atom stereocenters. The van der Waals surface area contributed by atoms with Crippen LogP contribution in [0.1, 0.15) is 79.1 Å². The van der Waals surface area contributed by atoms with Crippen molar-refractivity contribution in [1.82, 2.24) is 0 Å². The van der Waals surface area contributed by atoms with Gasteiger partial charge in [0.15, 0.2) is 0 Å². The predicted molar refractivity (Wildman–Crippen MR) is 114 cm³/mol. The average Bonchev–Trinajstić information content (AvgIpc) is 2.83. The van der Waals surface area contributed by atoms with Crippen LogP contribution in [-0.4, -0.2) is 22.6 Å². The molecule has 2 heterocycles. The number of benzene rings is 1. The fourth-order valence-corrected chi connectivity index (χ4v) is 12.4. The highest BCUT2D eigenvalue weighted by atomic mass is 31.1. The van der Waals surface area contributed by atoms with Crippen LogP contribution >= 0.6 is 15.8 Å². The Morgan fingerprint density at radius 1 is 0.583 bits per heavy atom. The third kappa shape index (κ3) is 4.07. The van der Waals surface area contributed by atoms with E-state index in [0.717, 1.165) is 22.6 Å². The van der Waals surface area contributed by atoms with E-state index in [1.165, 1.54) is 51.4 Å². The highest BCUT2D eigenvalue weighted by Gasteiger charge is 2.33. The van der Waals surface area contributed by atoms with E-state index in [2.05, 4.69) is 52.0 Å². The molecule has 2 fully saturated rings. The van der Waals surface area contributed by atoms with E-state index in [4.69, 9.17) is 0 Å². The Bertz CT molecular complexity index is 455. The van der Waals surface area contributed by atoms with Crippen LogP contribution in [0.3, 0.4) is 0 Å². The van der Waals surface area contributed by atoms with Crippen molar-refractivity contribution in [3.63, 3.8) is 0 Å². The van der Waals surface area contributed by atoms with Crippen molar-refractivity contribution in [2.24, 2.45) is 0 Å². The first-order valence-electron chi connectivity index (χ1n) is 10.2. The zero-order valence-electron chi connectivity index (χ0n) is 16.2. The molecule has 2 heteroatoms. The molecule has 0 amide bonds. The van der Waals surface area contributed by atoms with Gasteiger partial charge in [0.1, 0.15) is 0 Å². The predicted octanol–water partition coefficient (Wildman–Crippen LogP) is 6.60. The van der Waals surface area contributed by atoms with E-state index >= 15 is 0 Å². The van der Waals surface area contributed by atoms with Gasteiger partial charge in [0.05, 0.1) is 0 Å². The maximum Gasteiger partial charge on any atom is -0.0158 e. The molecular formula is C22H36P2. The van der Waals surface area contributed by atoms with Crippen LogP contribution in [0.2, 0.25) is 0 Å². The Labute approximate surface area is 152 Å². The lowest BCUT2D eigenvalue weighted by molar-refractivity contribution is 0.662. The summed E-state index contributed by atoms with van der Waals surface area (Å²) in [6.07, 6.45) is 11.6. The van der Waals surface area contributed by atoms with Crippen molar-refractivity contribution < 1.29 is 0 Å². The zero-order chi connectivity index (χ0) is 17.1. The van der Waals surface area contributed by atoms with Crippen molar-refractivity contribution in [3.8, 4) is 0 Å². The van der Waals surface area contributed by atoms with Crippen molar-refractivity contribution in [3.05, 3.63) is 24.3 Å². The minimum atomic E-state index is 0.00791. The molecule has 2 aliphatic heterocycles. The summed E-state index contributed by atoms with van der Waals surface area (Å²) in [5.74, 6) is 0. The first-order valence-corrected chi connectivity index (χ1v) is 13.2. The van der Waals surface area contributed by atoms with Crippen molar-refractivity contribution in [2.45, 2.75) is 102 Å². The molecule has 134 valence electrons. The van der Waals surface area contributed by atoms with Gasteiger partial charge in [-0.1, -0.05) is 93.5 Å². The van der Waals surface area contributed by atoms with Crippen molar-refractivity contribution in [1.29, 1.82) is 0 Å². The quantitative estimate of drug-likeness (QED) is 0.520. The largest absolute Gasteiger partial charge is 0.0688 e. The average molecular weight is 362 g/mol. The molecule has 0 N–H and O–H groups in total. The third-order valence-electron chi connectivity index (χ3n) is 6.33. The number of hydrogen-bond acceptors (Lipinski definition) is 0. The molecule has 0 bridgehead atoms. The van der Waals surface area contributed by atoms with Crippen LogP contribution < -0.4 is 10.6 Å². The molecular weight excluding hydrogens is 326 g/mol. The van der Waals surface area contributed by atoms with Gasteiger partial charge in [-0.25, -0.2) is 0 Å². The number of rotatable bonds is 2. The van der Waals surface area contributed by atoms with Gasteiger partial charge in [-0.15, -0.1) is 0 Å². The molecule has 24 heavy (non-hydrogen) atoms. The lowest BCUT2D eigenvalue weighted by atomic mass is 10.1. The minimum absolute atomic E-state index is 0.00791. The molecule has 1 aromatic rings. The van der Waals surface area contributed by atoms with Gasteiger partial charge in [0, 0.05) is 0 Å². The van der Waals surface area contributed by atoms with Crippen LogP contribution in [0, 0.1) is 0 Å². The molecule has 0 saturated carbocycles. The van der Waals surface area contributed by atoms with Crippen LogP contribution in [0.4, 0.5) is 0 Å². The highest BCUT2D eigenvalue weighted by Crippen LogP contribution is 2.55. The second-order valence-electron chi connectivity index (χ2n) is 8.27. The standard InChI is InChI=1S/C22H36P2/c1-17-11-5-6-12-18(2)23(17)21-15-9-10-16-22(21)24-19(3)13-7-8-14-20(24)4/h9-10,15-20H,5-8,11-14H2,1-4H3/t17-,18-,19-,20-/m0/s1. The fourth-order valence-electron chi connectivity index (χ4n) is 5.03. The molecule has 0 aliphatic carbocycles. The third-order valence-corrected chi connectivity index (χ3v) is 13.2. The van der Waals surface area contributed by atoms with E-state index in [-0.39, 0.29) is 15.8 Å². The summed E-state index contributed by atoms with van der Waals surface area (Å²) in [7, 11) is 0.0158. The molecule has 0 nitrogen and oxygen atoms in total. The highest BCUT2D eigenvalue weighted by molar-refractivity contribution is 7.73. The summed E-state index contributed by atoms with van der Waals surface area (Å²) < 4.78 is 0. The second kappa shape index (κ2) is 8.64. The summed E-state index contributed by atoms with van der Waals surface area (Å²) in [4.78, 5) is 0. The first kappa shape index (κ1) is 18.9. The molecule has 1 aromatic carbocycles. The Morgan fingerprint density at radius 3 is 1.17 bits per heavy atom. The minimum Gasteiger partial charge on any atom is -0.0688 e. The fraction of sp³-hybridized carbons (Fsp3) is 0.727. The molecule has 2 aliphatic rings. The van der Waals surface area contributed by atoms with Gasteiger partial charge in [-0.05, 0) is 58.9 Å². The Kier molecular flexibility index (Phi) is 6.79. The van der Waals surface area contributed by atoms with Crippen LogP contribution in [0.25, 0.3) is 0 Å². The molecule has 2 saturated heterocycles. The van der Waals surface area contributed by atoms with E-state index in [1.54, 1.807) is 10.6 Å². The van der Waals surface area contributed by atoms with Crippen molar-refractivity contribution in [2.75, 3.05) is 0 Å². The summed E-state index contributed by atoms with van der Waals surface area (Å²) in [6.45, 7) is 10.2. The molecule has 0 unspecified atom stereocenters.